The number of nitrogens with one attached hydrogen (secondary N) is 2. The number of carbonyl (C=O) groups is 1. The zero-order chi connectivity index (χ0) is 13.0. The van der Waals surface area contributed by atoms with E-state index in [1.165, 1.54) is 44.9 Å². The van der Waals surface area contributed by atoms with Crippen molar-refractivity contribution in [2.45, 2.75) is 64.8 Å². The standard InChI is InChI=1S/C15H28N2O/c1-12(2)10-17-14(18)11-16-13-6-9-15(13)7-4-3-5-8-15/h12-13,16H,3-11H2,1-2H3,(H,17,18). The molecule has 104 valence electrons. The molecule has 0 heterocycles. The van der Waals surface area contributed by atoms with Gasteiger partial charge >= 0.3 is 0 Å². The van der Waals surface area contributed by atoms with Crippen molar-refractivity contribution in [3.8, 4) is 0 Å². The van der Waals surface area contributed by atoms with Gasteiger partial charge in [-0.15, -0.1) is 0 Å². The number of carbonyl (C=O) groups excluding carboxylic acids is 1. The molecule has 1 atom stereocenters. The number of hydrogen-bond acceptors (Lipinski definition) is 2. The van der Waals surface area contributed by atoms with Gasteiger partial charge in [0.1, 0.15) is 0 Å². The highest BCUT2D eigenvalue weighted by Gasteiger charge is 2.46. The molecule has 2 fully saturated rings. The van der Waals surface area contributed by atoms with Crippen LogP contribution < -0.4 is 10.6 Å². The number of rotatable bonds is 5. The van der Waals surface area contributed by atoms with Crippen molar-refractivity contribution in [1.82, 2.24) is 10.6 Å². The normalized spacial score (nSPS) is 26.1. The van der Waals surface area contributed by atoms with Gasteiger partial charge in [-0.3, -0.25) is 4.79 Å². The van der Waals surface area contributed by atoms with E-state index in [1.54, 1.807) is 0 Å². The molecule has 0 aromatic heterocycles. The largest absolute Gasteiger partial charge is 0.355 e. The van der Waals surface area contributed by atoms with Crippen LogP contribution in [0.1, 0.15) is 58.8 Å². The lowest BCUT2D eigenvalue weighted by Gasteiger charge is -2.52. The molecule has 2 N–H and O–H groups in total. The molecule has 0 radical (unpaired) electrons. The van der Waals surface area contributed by atoms with Gasteiger partial charge in [0.05, 0.1) is 6.54 Å². The van der Waals surface area contributed by atoms with Crippen molar-refractivity contribution < 1.29 is 4.79 Å². The van der Waals surface area contributed by atoms with Gasteiger partial charge in [0.15, 0.2) is 0 Å². The van der Waals surface area contributed by atoms with Crippen LogP contribution in [0.5, 0.6) is 0 Å². The molecule has 0 aromatic carbocycles. The van der Waals surface area contributed by atoms with Crippen LogP contribution in [0.4, 0.5) is 0 Å². The van der Waals surface area contributed by atoms with E-state index in [1.807, 2.05) is 0 Å². The summed E-state index contributed by atoms with van der Waals surface area (Å²) in [5.74, 6) is 0.684. The summed E-state index contributed by atoms with van der Waals surface area (Å²) < 4.78 is 0. The predicted octanol–water partition coefficient (Wildman–Crippen LogP) is 2.46. The van der Waals surface area contributed by atoms with Crippen molar-refractivity contribution in [2.75, 3.05) is 13.1 Å². The Bertz CT molecular complexity index is 282. The van der Waals surface area contributed by atoms with Crippen LogP contribution in [0.25, 0.3) is 0 Å². The Morgan fingerprint density at radius 2 is 1.94 bits per heavy atom. The Morgan fingerprint density at radius 1 is 1.22 bits per heavy atom. The third kappa shape index (κ3) is 3.25. The van der Waals surface area contributed by atoms with Crippen molar-refractivity contribution in [1.29, 1.82) is 0 Å². The van der Waals surface area contributed by atoms with Crippen LogP contribution in [0.2, 0.25) is 0 Å². The molecule has 18 heavy (non-hydrogen) atoms. The first-order valence-corrected chi connectivity index (χ1v) is 7.62. The van der Waals surface area contributed by atoms with E-state index in [0.717, 1.165) is 6.54 Å². The molecule has 0 saturated heterocycles. The van der Waals surface area contributed by atoms with E-state index in [2.05, 4.69) is 24.5 Å². The maximum absolute atomic E-state index is 11.7. The predicted molar refractivity (Wildman–Crippen MR) is 74.4 cm³/mol. The van der Waals surface area contributed by atoms with Crippen LogP contribution in [0, 0.1) is 11.3 Å². The van der Waals surface area contributed by atoms with Gasteiger partial charge in [0, 0.05) is 12.6 Å². The molecule has 0 aliphatic heterocycles. The average molecular weight is 252 g/mol. The smallest absolute Gasteiger partial charge is 0.233 e. The van der Waals surface area contributed by atoms with E-state index in [9.17, 15) is 4.79 Å². The van der Waals surface area contributed by atoms with Crippen molar-refractivity contribution in [3.63, 3.8) is 0 Å². The SMILES string of the molecule is CC(C)CNC(=O)CNC1CCC12CCCCC2. The lowest BCUT2D eigenvalue weighted by molar-refractivity contribution is -0.121. The van der Waals surface area contributed by atoms with Gasteiger partial charge in [-0.1, -0.05) is 33.1 Å². The summed E-state index contributed by atoms with van der Waals surface area (Å²) >= 11 is 0. The Kier molecular flexibility index (Phi) is 4.66. The Labute approximate surface area is 111 Å². The van der Waals surface area contributed by atoms with Gasteiger partial charge in [0.25, 0.3) is 0 Å². The third-order valence-corrected chi connectivity index (χ3v) is 4.74. The molecule has 2 aliphatic carbocycles. The van der Waals surface area contributed by atoms with Gasteiger partial charge in [-0.2, -0.15) is 0 Å². The van der Waals surface area contributed by atoms with Gasteiger partial charge in [-0.25, -0.2) is 0 Å². The lowest BCUT2D eigenvalue weighted by Crippen LogP contribution is -2.56. The minimum Gasteiger partial charge on any atom is -0.355 e. The van der Waals surface area contributed by atoms with Gasteiger partial charge < -0.3 is 10.6 Å². The van der Waals surface area contributed by atoms with E-state index in [0.29, 0.717) is 23.9 Å². The third-order valence-electron chi connectivity index (χ3n) is 4.74. The summed E-state index contributed by atoms with van der Waals surface area (Å²) in [4.78, 5) is 11.7. The zero-order valence-electron chi connectivity index (χ0n) is 11.9. The second-order valence-corrected chi connectivity index (χ2v) is 6.59. The van der Waals surface area contributed by atoms with Crippen molar-refractivity contribution in [3.05, 3.63) is 0 Å². The van der Waals surface area contributed by atoms with Crippen molar-refractivity contribution >= 4 is 5.91 Å². The van der Waals surface area contributed by atoms with Crippen LogP contribution in [0.3, 0.4) is 0 Å². The Balaban J connectivity index is 1.69. The van der Waals surface area contributed by atoms with Gasteiger partial charge in [0.2, 0.25) is 5.91 Å². The van der Waals surface area contributed by atoms with Crippen LogP contribution in [-0.2, 0) is 4.79 Å². The molecule has 0 aromatic rings. The molecule has 1 spiro atoms. The molecule has 2 saturated carbocycles. The number of hydrogen-bond donors (Lipinski definition) is 2. The lowest BCUT2D eigenvalue weighted by atomic mass is 9.57. The molecular formula is C15H28N2O. The van der Waals surface area contributed by atoms with E-state index in [-0.39, 0.29) is 5.91 Å². The summed E-state index contributed by atoms with van der Waals surface area (Å²) in [5, 5.41) is 6.47. The fourth-order valence-electron chi connectivity index (χ4n) is 3.47. The molecule has 2 aliphatic rings. The molecule has 1 unspecified atom stereocenters. The van der Waals surface area contributed by atoms with Crippen molar-refractivity contribution in [2.24, 2.45) is 11.3 Å². The van der Waals surface area contributed by atoms with Crippen LogP contribution >= 0.6 is 0 Å². The van der Waals surface area contributed by atoms with E-state index >= 15 is 0 Å². The maximum atomic E-state index is 11.7. The quantitative estimate of drug-likeness (QED) is 0.789. The molecule has 2 rings (SSSR count). The molecule has 1 amide bonds. The summed E-state index contributed by atoms with van der Waals surface area (Å²) in [5.41, 5.74) is 0.552. The summed E-state index contributed by atoms with van der Waals surface area (Å²) in [6.45, 7) is 5.53. The summed E-state index contributed by atoms with van der Waals surface area (Å²) in [6, 6.07) is 0.600. The second kappa shape index (κ2) is 6.05. The topological polar surface area (TPSA) is 41.1 Å². The van der Waals surface area contributed by atoms with E-state index in [4.69, 9.17) is 0 Å². The highest BCUT2D eigenvalue weighted by Crippen LogP contribution is 2.51. The first-order chi connectivity index (χ1) is 8.62. The first-order valence-electron chi connectivity index (χ1n) is 7.62. The molecular weight excluding hydrogens is 224 g/mol. The monoisotopic (exact) mass is 252 g/mol. The van der Waals surface area contributed by atoms with Crippen LogP contribution in [0.15, 0.2) is 0 Å². The zero-order valence-corrected chi connectivity index (χ0v) is 11.9. The second-order valence-electron chi connectivity index (χ2n) is 6.59. The summed E-state index contributed by atoms with van der Waals surface area (Å²) in [6.07, 6.45) is 9.56. The highest BCUT2D eigenvalue weighted by molar-refractivity contribution is 5.78. The first kappa shape index (κ1) is 13.9. The molecule has 3 heteroatoms. The molecule has 0 bridgehead atoms. The Hall–Kier alpha value is -0.570. The fraction of sp³-hybridized carbons (Fsp3) is 0.933. The minimum atomic E-state index is 0.154. The van der Waals surface area contributed by atoms with E-state index < -0.39 is 0 Å². The highest BCUT2D eigenvalue weighted by atomic mass is 16.1. The fourth-order valence-corrected chi connectivity index (χ4v) is 3.47. The Morgan fingerprint density at radius 3 is 2.50 bits per heavy atom. The average Bonchev–Trinajstić information content (AvgIpc) is 2.36. The molecule has 3 nitrogen and oxygen atoms in total. The summed E-state index contributed by atoms with van der Waals surface area (Å²) in [7, 11) is 0. The van der Waals surface area contributed by atoms with Crippen LogP contribution in [-0.4, -0.2) is 25.0 Å². The van der Waals surface area contributed by atoms with Gasteiger partial charge in [-0.05, 0) is 37.0 Å². The minimum absolute atomic E-state index is 0.154. The number of amides is 1. The maximum Gasteiger partial charge on any atom is 0.233 e.